The second-order valence-corrected chi connectivity index (χ2v) is 9.88. The third kappa shape index (κ3) is 3.22. The van der Waals surface area contributed by atoms with Gasteiger partial charge < -0.3 is 9.84 Å². The Balaban J connectivity index is 1.53. The van der Waals surface area contributed by atoms with Crippen molar-refractivity contribution < 1.29 is 14.6 Å². The fraction of sp³-hybridized carbons (Fsp3) is 0.480. The molecule has 5 aliphatic rings. The number of rotatable bonds is 4. The van der Waals surface area contributed by atoms with E-state index < -0.39 is 0 Å². The van der Waals surface area contributed by atoms with Crippen LogP contribution >= 0.6 is 23.2 Å². The highest BCUT2D eigenvalue weighted by molar-refractivity contribution is 6.35. The molecule has 1 aromatic rings. The number of hydrogen-bond donors (Lipinski definition) is 1. The van der Waals surface area contributed by atoms with Crippen LogP contribution in [-0.4, -0.2) is 10.9 Å². The van der Waals surface area contributed by atoms with Crippen LogP contribution in [0, 0.1) is 23.7 Å². The molecule has 1 aromatic carbocycles. The summed E-state index contributed by atoms with van der Waals surface area (Å²) in [4.78, 5) is 13.5. The normalized spacial score (nSPS) is 30.6. The van der Waals surface area contributed by atoms with Gasteiger partial charge in [0.05, 0.1) is 10.6 Å². The van der Waals surface area contributed by atoms with E-state index >= 15 is 0 Å². The molecule has 3 nitrogen and oxygen atoms in total. The number of benzene rings is 1. The lowest BCUT2D eigenvalue weighted by atomic mass is 9.59. The minimum atomic E-state index is -0.0374. The van der Waals surface area contributed by atoms with Crippen molar-refractivity contribution in [1.29, 1.82) is 0 Å². The quantitative estimate of drug-likeness (QED) is 0.549. The van der Waals surface area contributed by atoms with Crippen LogP contribution in [0.5, 0.6) is 5.75 Å². The average Bonchev–Trinajstić information content (AvgIpc) is 3.03. The van der Waals surface area contributed by atoms with Gasteiger partial charge in [0.2, 0.25) is 0 Å². The van der Waals surface area contributed by atoms with Gasteiger partial charge in [0, 0.05) is 23.3 Å². The number of carbonyl (C=O) groups is 1. The van der Waals surface area contributed by atoms with Gasteiger partial charge in [0.25, 0.3) is 0 Å². The number of carbonyl (C=O) groups excluding carboxylic acids is 1. The Kier molecular flexibility index (Phi) is 5.23. The topological polar surface area (TPSA) is 46.5 Å². The van der Waals surface area contributed by atoms with Crippen molar-refractivity contribution in [3.05, 3.63) is 57.0 Å². The molecule has 0 spiro atoms. The van der Waals surface area contributed by atoms with Crippen LogP contribution in [0.1, 0.15) is 56.6 Å². The van der Waals surface area contributed by atoms with Crippen LogP contribution in [-0.2, 0) is 11.2 Å². The van der Waals surface area contributed by atoms with Crippen LogP contribution in [0.4, 0.5) is 0 Å². The molecule has 3 fully saturated rings. The molecule has 0 amide bonds. The van der Waals surface area contributed by atoms with Gasteiger partial charge in [-0.1, -0.05) is 36.2 Å². The number of aliphatic hydroxyl groups excluding tert-OH is 1. The van der Waals surface area contributed by atoms with Crippen molar-refractivity contribution in [2.75, 3.05) is 0 Å². The van der Waals surface area contributed by atoms with Crippen LogP contribution in [0.25, 0.3) is 5.57 Å². The van der Waals surface area contributed by atoms with Crippen molar-refractivity contribution in [3.63, 3.8) is 0 Å². The van der Waals surface area contributed by atoms with Crippen molar-refractivity contribution in [2.24, 2.45) is 23.7 Å². The highest BCUT2D eigenvalue weighted by Crippen LogP contribution is 2.57. The van der Waals surface area contributed by atoms with E-state index in [-0.39, 0.29) is 17.6 Å². The van der Waals surface area contributed by atoms with Gasteiger partial charge in [0.15, 0.2) is 5.78 Å². The summed E-state index contributed by atoms with van der Waals surface area (Å²) in [6.45, 7) is 2.07. The molecule has 1 N–H and O–H groups in total. The predicted molar refractivity (Wildman–Crippen MR) is 119 cm³/mol. The number of allylic oxidation sites excluding steroid dienone is 6. The molecule has 3 saturated carbocycles. The molecule has 0 heterocycles. The number of Topliss-reactive ketones (excluding diaryl/α,β-unsaturated/α-hetero) is 1. The van der Waals surface area contributed by atoms with Gasteiger partial charge in [-0.25, -0.2) is 0 Å². The first-order chi connectivity index (χ1) is 14.5. The molecule has 30 heavy (non-hydrogen) atoms. The SMILES string of the molecule is CCc1ccc(OC2=C(Cl)C=C(Cl)CC2)cc1C1=C(O)C2C3CCC(CC3)C2C1=O. The van der Waals surface area contributed by atoms with Crippen molar-refractivity contribution in [2.45, 2.75) is 51.9 Å². The standard InChI is InChI=1S/C25H26Cl2O3/c1-2-13-7-9-17(30-20-10-8-16(26)11-19(20)27)12-18(13)23-24(28)21-14-3-4-15(6-5-14)22(21)25(23)29/h7,9,11-12,14-15,21-22,28H,2-6,8,10H2,1H3. The molecule has 0 radical (unpaired) electrons. The molecule has 2 bridgehead atoms. The molecule has 6 rings (SSSR count). The lowest BCUT2D eigenvalue weighted by Crippen LogP contribution is -2.41. The minimum absolute atomic E-state index is 0.0112. The Labute approximate surface area is 187 Å². The largest absolute Gasteiger partial charge is 0.511 e. The van der Waals surface area contributed by atoms with Crippen LogP contribution in [0.2, 0.25) is 0 Å². The highest BCUT2D eigenvalue weighted by atomic mass is 35.5. The predicted octanol–water partition coefficient (Wildman–Crippen LogP) is 6.90. The van der Waals surface area contributed by atoms with E-state index in [4.69, 9.17) is 27.9 Å². The molecule has 0 aliphatic heterocycles. The maximum absolute atomic E-state index is 13.5. The zero-order chi connectivity index (χ0) is 21.0. The van der Waals surface area contributed by atoms with Crippen molar-refractivity contribution in [1.82, 2.24) is 0 Å². The number of halogens is 2. The lowest BCUT2D eigenvalue weighted by Gasteiger charge is -2.44. The summed E-state index contributed by atoms with van der Waals surface area (Å²) < 4.78 is 6.09. The number of aliphatic hydroxyl groups is 1. The second-order valence-electron chi connectivity index (χ2n) is 8.99. The second kappa shape index (κ2) is 7.76. The van der Waals surface area contributed by atoms with Gasteiger partial charge in [-0.05, 0) is 79.7 Å². The first kappa shape index (κ1) is 20.2. The van der Waals surface area contributed by atoms with E-state index in [9.17, 15) is 9.90 Å². The van der Waals surface area contributed by atoms with Crippen molar-refractivity contribution >= 4 is 34.6 Å². The number of ketones is 1. The minimum Gasteiger partial charge on any atom is -0.511 e. The molecule has 2 atom stereocenters. The fourth-order valence-corrected chi connectivity index (χ4v) is 6.52. The Hall–Kier alpha value is -1.71. The van der Waals surface area contributed by atoms with Gasteiger partial charge in [0.1, 0.15) is 17.3 Å². The van der Waals surface area contributed by atoms with E-state index in [1.165, 1.54) is 0 Å². The number of ether oxygens (including phenoxy) is 1. The Morgan fingerprint density at radius 1 is 1.07 bits per heavy atom. The number of fused-ring (bicyclic) bond motifs is 2. The first-order valence-electron chi connectivity index (χ1n) is 11.0. The van der Waals surface area contributed by atoms with Crippen LogP contribution in [0.15, 0.2) is 45.9 Å². The van der Waals surface area contributed by atoms with E-state index in [2.05, 4.69) is 6.92 Å². The van der Waals surface area contributed by atoms with Gasteiger partial charge in [-0.3, -0.25) is 4.79 Å². The lowest BCUT2D eigenvalue weighted by molar-refractivity contribution is -0.123. The average molecular weight is 445 g/mol. The Morgan fingerprint density at radius 3 is 2.40 bits per heavy atom. The zero-order valence-corrected chi connectivity index (χ0v) is 18.6. The zero-order valence-electron chi connectivity index (χ0n) is 17.1. The van der Waals surface area contributed by atoms with Crippen molar-refractivity contribution in [3.8, 4) is 5.75 Å². The third-order valence-corrected chi connectivity index (χ3v) is 8.07. The summed E-state index contributed by atoms with van der Waals surface area (Å²) in [6, 6.07) is 5.81. The fourth-order valence-electron chi connectivity index (χ4n) is 6.00. The summed E-state index contributed by atoms with van der Waals surface area (Å²) in [5, 5.41) is 12.4. The highest BCUT2D eigenvalue weighted by Gasteiger charge is 2.54. The summed E-state index contributed by atoms with van der Waals surface area (Å²) in [5.74, 6) is 2.58. The third-order valence-electron chi connectivity index (χ3n) is 7.45. The van der Waals surface area contributed by atoms with E-state index in [1.54, 1.807) is 6.08 Å². The molecule has 0 saturated heterocycles. The van der Waals surface area contributed by atoms with Crippen LogP contribution in [0.3, 0.4) is 0 Å². The molecule has 0 aromatic heterocycles. The smallest absolute Gasteiger partial charge is 0.170 e. The first-order valence-corrected chi connectivity index (χ1v) is 11.8. The number of hydrogen-bond acceptors (Lipinski definition) is 3. The molecule has 158 valence electrons. The van der Waals surface area contributed by atoms with Gasteiger partial charge in [-0.2, -0.15) is 0 Å². The Morgan fingerprint density at radius 2 is 1.77 bits per heavy atom. The van der Waals surface area contributed by atoms with Crippen LogP contribution < -0.4 is 4.74 Å². The van der Waals surface area contributed by atoms with E-state index in [1.807, 2.05) is 18.2 Å². The summed E-state index contributed by atoms with van der Waals surface area (Å²) >= 11 is 12.4. The monoisotopic (exact) mass is 444 g/mol. The molecular weight excluding hydrogens is 419 g/mol. The summed E-state index contributed by atoms with van der Waals surface area (Å²) in [5.41, 5.74) is 2.39. The summed E-state index contributed by atoms with van der Waals surface area (Å²) in [6.07, 6.45) is 8.33. The summed E-state index contributed by atoms with van der Waals surface area (Å²) in [7, 11) is 0. The molecular formula is C25H26Cl2O3. The molecule has 2 unspecified atom stereocenters. The Bertz CT molecular complexity index is 996. The number of aryl methyl sites for hydroxylation is 1. The van der Waals surface area contributed by atoms with Gasteiger partial charge in [-0.15, -0.1) is 0 Å². The van der Waals surface area contributed by atoms with E-state index in [0.717, 1.165) is 48.3 Å². The maximum atomic E-state index is 13.5. The molecule has 5 heteroatoms. The van der Waals surface area contributed by atoms with E-state index in [0.29, 0.717) is 52.6 Å². The molecule has 5 aliphatic carbocycles. The maximum Gasteiger partial charge on any atom is 0.170 e. The van der Waals surface area contributed by atoms with Gasteiger partial charge >= 0.3 is 0 Å².